The summed E-state index contributed by atoms with van der Waals surface area (Å²) < 4.78 is 0. The van der Waals surface area contributed by atoms with Crippen LogP contribution in [0.2, 0.25) is 5.02 Å². The van der Waals surface area contributed by atoms with Gasteiger partial charge in [0.2, 0.25) is 0 Å². The lowest BCUT2D eigenvalue weighted by Gasteiger charge is -2.22. The van der Waals surface area contributed by atoms with Crippen molar-refractivity contribution < 1.29 is 5.11 Å². The molecule has 1 aliphatic rings. The fraction of sp³-hybridized carbons (Fsp3) is 0.455. The first-order valence-corrected chi connectivity index (χ1v) is 5.30. The quantitative estimate of drug-likeness (QED) is 0.733. The van der Waals surface area contributed by atoms with Gasteiger partial charge in [0, 0.05) is 0 Å². The second-order valence-electron chi connectivity index (χ2n) is 3.77. The summed E-state index contributed by atoms with van der Waals surface area (Å²) >= 11 is 6.01. The number of fused-ring (bicyclic) bond motifs is 1. The summed E-state index contributed by atoms with van der Waals surface area (Å²) in [6, 6.07) is 2.10. The molecule has 1 aromatic heterocycles. The van der Waals surface area contributed by atoms with Crippen molar-refractivity contribution in [2.45, 2.75) is 32.3 Å². The fourth-order valence-electron chi connectivity index (χ4n) is 1.99. The molecular formula is C11H11ClN2O. The van der Waals surface area contributed by atoms with E-state index < -0.39 is 6.10 Å². The molecule has 0 saturated heterocycles. The highest BCUT2D eigenvalue weighted by Crippen LogP contribution is 2.34. The molecule has 1 aromatic rings. The van der Waals surface area contributed by atoms with Crippen molar-refractivity contribution in [1.29, 1.82) is 5.26 Å². The number of rotatable bonds is 0. The Morgan fingerprint density at radius 3 is 3.00 bits per heavy atom. The molecule has 4 heteroatoms. The standard InChI is InChI=1S/C11H11ClN2O/c1-6-10(12)8(5-13)7-3-2-4-9(15)11(7)14-6/h9,15H,2-4H2,1H3. The summed E-state index contributed by atoms with van der Waals surface area (Å²) in [4.78, 5) is 4.27. The predicted molar refractivity (Wildman–Crippen MR) is 56.6 cm³/mol. The maximum absolute atomic E-state index is 9.78. The van der Waals surface area contributed by atoms with Crippen molar-refractivity contribution in [3.8, 4) is 6.07 Å². The van der Waals surface area contributed by atoms with Gasteiger partial charge in [0.1, 0.15) is 6.07 Å². The van der Waals surface area contributed by atoms with Crippen LogP contribution in [-0.4, -0.2) is 10.1 Å². The van der Waals surface area contributed by atoms with E-state index in [9.17, 15) is 5.11 Å². The molecule has 78 valence electrons. The van der Waals surface area contributed by atoms with E-state index in [1.165, 1.54) is 0 Å². The van der Waals surface area contributed by atoms with Crippen LogP contribution < -0.4 is 0 Å². The van der Waals surface area contributed by atoms with E-state index >= 15 is 0 Å². The van der Waals surface area contributed by atoms with Crippen LogP contribution in [-0.2, 0) is 6.42 Å². The average Bonchev–Trinajstić information content (AvgIpc) is 2.22. The summed E-state index contributed by atoms with van der Waals surface area (Å²) in [7, 11) is 0. The molecule has 0 spiro atoms. The zero-order valence-electron chi connectivity index (χ0n) is 8.42. The van der Waals surface area contributed by atoms with Gasteiger partial charge in [0.25, 0.3) is 0 Å². The van der Waals surface area contributed by atoms with Crippen LogP contribution in [0.1, 0.15) is 41.5 Å². The molecule has 3 nitrogen and oxygen atoms in total. The van der Waals surface area contributed by atoms with Crippen LogP contribution in [0.15, 0.2) is 0 Å². The number of halogens is 1. The Bertz CT molecular complexity index is 451. The Morgan fingerprint density at radius 1 is 1.60 bits per heavy atom. The van der Waals surface area contributed by atoms with Gasteiger partial charge in [0.15, 0.2) is 0 Å². The Kier molecular flexibility index (Phi) is 2.64. The molecule has 15 heavy (non-hydrogen) atoms. The van der Waals surface area contributed by atoms with Gasteiger partial charge in [-0.1, -0.05) is 11.6 Å². The van der Waals surface area contributed by atoms with Crippen LogP contribution in [0, 0.1) is 18.3 Å². The molecule has 0 fully saturated rings. The smallest absolute Gasteiger partial charge is 0.101 e. The lowest BCUT2D eigenvalue weighted by atomic mass is 9.90. The van der Waals surface area contributed by atoms with Crippen molar-refractivity contribution in [3.05, 3.63) is 27.5 Å². The summed E-state index contributed by atoms with van der Waals surface area (Å²) in [5.41, 5.74) is 2.57. The molecule has 1 heterocycles. The number of nitriles is 1. The number of aryl methyl sites for hydroxylation is 1. The monoisotopic (exact) mass is 222 g/mol. The predicted octanol–water partition coefficient (Wildman–Crippen LogP) is 2.28. The Hall–Kier alpha value is -1.11. The number of aromatic nitrogens is 1. The molecule has 0 saturated carbocycles. The van der Waals surface area contributed by atoms with Crippen molar-refractivity contribution in [3.63, 3.8) is 0 Å². The molecular weight excluding hydrogens is 212 g/mol. The Morgan fingerprint density at radius 2 is 2.33 bits per heavy atom. The second kappa shape index (κ2) is 3.80. The van der Waals surface area contributed by atoms with Crippen LogP contribution in [0.25, 0.3) is 0 Å². The van der Waals surface area contributed by atoms with Crippen molar-refractivity contribution in [1.82, 2.24) is 4.98 Å². The first-order valence-electron chi connectivity index (χ1n) is 4.92. The first-order chi connectivity index (χ1) is 7.15. The van der Waals surface area contributed by atoms with E-state index in [1.807, 2.05) is 0 Å². The first kappa shape index (κ1) is 10.4. The summed E-state index contributed by atoms with van der Waals surface area (Å²) in [6.07, 6.45) is 1.83. The summed E-state index contributed by atoms with van der Waals surface area (Å²) in [5, 5.41) is 19.2. The Balaban J connectivity index is 2.70. The molecule has 0 amide bonds. The van der Waals surface area contributed by atoms with E-state index in [4.69, 9.17) is 16.9 Å². The van der Waals surface area contributed by atoms with E-state index in [0.29, 0.717) is 28.4 Å². The van der Waals surface area contributed by atoms with Gasteiger partial charge in [0.05, 0.1) is 28.1 Å². The van der Waals surface area contributed by atoms with Gasteiger partial charge in [-0.3, -0.25) is 4.98 Å². The average molecular weight is 223 g/mol. The largest absolute Gasteiger partial charge is 0.387 e. The highest BCUT2D eigenvalue weighted by Gasteiger charge is 2.24. The van der Waals surface area contributed by atoms with E-state index in [0.717, 1.165) is 18.4 Å². The van der Waals surface area contributed by atoms with E-state index in [2.05, 4.69) is 11.1 Å². The number of pyridine rings is 1. The zero-order valence-corrected chi connectivity index (χ0v) is 9.17. The lowest BCUT2D eigenvalue weighted by molar-refractivity contribution is 0.151. The van der Waals surface area contributed by atoms with Gasteiger partial charge in [-0.2, -0.15) is 5.26 Å². The van der Waals surface area contributed by atoms with Crippen molar-refractivity contribution >= 4 is 11.6 Å². The van der Waals surface area contributed by atoms with Crippen LogP contribution in [0.3, 0.4) is 0 Å². The summed E-state index contributed by atoms with van der Waals surface area (Å²) in [5.74, 6) is 0. The molecule has 0 aliphatic heterocycles. The third-order valence-corrected chi connectivity index (χ3v) is 3.23. The molecule has 2 rings (SSSR count). The molecule has 1 atom stereocenters. The molecule has 1 aliphatic carbocycles. The lowest BCUT2D eigenvalue weighted by Crippen LogP contribution is -2.14. The number of aliphatic hydroxyl groups excluding tert-OH is 1. The maximum atomic E-state index is 9.78. The minimum absolute atomic E-state index is 0.422. The van der Waals surface area contributed by atoms with Gasteiger partial charge in [-0.15, -0.1) is 0 Å². The van der Waals surface area contributed by atoms with E-state index in [1.54, 1.807) is 6.92 Å². The van der Waals surface area contributed by atoms with Crippen LogP contribution >= 0.6 is 11.6 Å². The molecule has 1 N–H and O–H groups in total. The zero-order chi connectivity index (χ0) is 11.0. The van der Waals surface area contributed by atoms with E-state index in [-0.39, 0.29) is 0 Å². The van der Waals surface area contributed by atoms with Gasteiger partial charge < -0.3 is 5.11 Å². The highest BCUT2D eigenvalue weighted by atomic mass is 35.5. The highest BCUT2D eigenvalue weighted by molar-refractivity contribution is 6.32. The fourth-order valence-corrected chi connectivity index (χ4v) is 2.19. The summed E-state index contributed by atoms with van der Waals surface area (Å²) in [6.45, 7) is 1.75. The number of aliphatic hydroxyl groups is 1. The maximum Gasteiger partial charge on any atom is 0.101 e. The Labute approximate surface area is 93.3 Å². The number of nitrogens with zero attached hydrogens (tertiary/aromatic N) is 2. The molecule has 0 radical (unpaired) electrons. The number of hydrogen-bond donors (Lipinski definition) is 1. The van der Waals surface area contributed by atoms with Crippen LogP contribution in [0.4, 0.5) is 0 Å². The minimum Gasteiger partial charge on any atom is -0.387 e. The third-order valence-electron chi connectivity index (χ3n) is 2.77. The van der Waals surface area contributed by atoms with Crippen LogP contribution in [0.5, 0.6) is 0 Å². The second-order valence-corrected chi connectivity index (χ2v) is 4.15. The SMILES string of the molecule is Cc1nc2c(c(C#N)c1Cl)CCCC2O. The minimum atomic E-state index is -0.545. The van der Waals surface area contributed by atoms with Gasteiger partial charge in [-0.25, -0.2) is 0 Å². The molecule has 0 aromatic carbocycles. The van der Waals surface area contributed by atoms with Crippen molar-refractivity contribution in [2.24, 2.45) is 0 Å². The van der Waals surface area contributed by atoms with Gasteiger partial charge >= 0.3 is 0 Å². The molecule has 0 bridgehead atoms. The topological polar surface area (TPSA) is 56.9 Å². The third kappa shape index (κ3) is 1.60. The molecule has 1 unspecified atom stereocenters. The number of hydrogen-bond acceptors (Lipinski definition) is 3. The van der Waals surface area contributed by atoms with Gasteiger partial charge in [-0.05, 0) is 31.7 Å². The van der Waals surface area contributed by atoms with Crippen molar-refractivity contribution in [2.75, 3.05) is 0 Å². The normalized spacial score (nSPS) is 19.5.